The minimum absolute atomic E-state index is 0.352. The molecule has 0 amide bonds. The summed E-state index contributed by atoms with van der Waals surface area (Å²) in [5.41, 5.74) is 3.71. The smallest absolute Gasteiger partial charge is 0.284 e. The van der Waals surface area contributed by atoms with Crippen LogP contribution in [0.2, 0.25) is 0 Å². The van der Waals surface area contributed by atoms with E-state index >= 15 is 0 Å². The lowest BCUT2D eigenvalue weighted by atomic mass is 10.1. The van der Waals surface area contributed by atoms with Gasteiger partial charge < -0.3 is 4.55 Å². The number of hydrogen-bond acceptors (Lipinski definition) is 5. The van der Waals surface area contributed by atoms with E-state index < -0.39 is 10.4 Å². The van der Waals surface area contributed by atoms with E-state index in [-0.39, 0.29) is 0 Å². The Morgan fingerprint density at radius 1 is 0.842 bits per heavy atom. The number of fused-ring (bicyclic) bond motifs is 3. The van der Waals surface area contributed by atoms with Crippen LogP contribution in [0.1, 0.15) is 11.1 Å². The van der Waals surface area contributed by atoms with Crippen molar-refractivity contribution in [3.63, 3.8) is 0 Å². The third-order valence-electron chi connectivity index (χ3n) is 2.87. The van der Waals surface area contributed by atoms with Crippen molar-refractivity contribution in [1.82, 2.24) is 0 Å². The molecule has 1 aliphatic rings. The fourth-order valence-electron chi connectivity index (χ4n) is 2.18. The van der Waals surface area contributed by atoms with Crippen molar-refractivity contribution >= 4 is 16.1 Å². The van der Waals surface area contributed by atoms with Gasteiger partial charge in [0, 0.05) is 11.1 Å². The molecule has 1 aliphatic carbocycles. The normalized spacial score (nSPS) is 12.8. The van der Waals surface area contributed by atoms with Crippen LogP contribution in [0.3, 0.4) is 0 Å². The van der Waals surface area contributed by atoms with Gasteiger partial charge in [-0.2, -0.15) is 8.42 Å². The highest BCUT2D eigenvalue weighted by molar-refractivity contribution is 7.80. The Kier molecular flexibility index (Phi) is 2.62. The zero-order chi connectivity index (χ0) is 13.5. The first-order chi connectivity index (χ1) is 9.06. The van der Waals surface area contributed by atoms with Crippen molar-refractivity contribution in [3.05, 3.63) is 59.7 Å². The lowest BCUT2D eigenvalue weighted by Crippen LogP contribution is -2.04. The minimum atomic E-state index is -4.85. The third-order valence-corrected chi connectivity index (χ3v) is 3.13. The second-order valence-electron chi connectivity index (χ2n) is 4.01. The van der Waals surface area contributed by atoms with Crippen molar-refractivity contribution in [3.8, 4) is 11.1 Å². The van der Waals surface area contributed by atoms with Crippen LogP contribution in [0.5, 0.6) is 0 Å². The monoisotopic (exact) mass is 274 g/mol. The molecule has 0 saturated carbocycles. The molecule has 0 aliphatic heterocycles. The average molecular weight is 274 g/mol. The van der Waals surface area contributed by atoms with E-state index in [1.165, 1.54) is 0 Å². The number of rotatable bonds is 2. The van der Waals surface area contributed by atoms with Gasteiger partial charge in [0.25, 0.3) is 10.4 Å². The van der Waals surface area contributed by atoms with Gasteiger partial charge in [0.15, 0.2) is 0 Å². The molecular formula is C13H8NO4S-. The summed E-state index contributed by atoms with van der Waals surface area (Å²) in [6.45, 7) is 0. The van der Waals surface area contributed by atoms with E-state index in [2.05, 4.69) is 9.44 Å². The first-order valence-electron chi connectivity index (χ1n) is 5.48. The Hall–Kier alpha value is -2.18. The van der Waals surface area contributed by atoms with Crippen molar-refractivity contribution < 1.29 is 17.3 Å². The standard InChI is InChI=1S/C13H9NO4S/c15-19(16,17)18-14-13-11-7-3-1-5-9(11)10-6-2-4-8-12(10)13/h1-8H,(H,15,16,17)/p-1. The lowest BCUT2D eigenvalue weighted by Gasteiger charge is -2.04. The molecule has 0 spiro atoms. The van der Waals surface area contributed by atoms with Crippen molar-refractivity contribution in [2.75, 3.05) is 0 Å². The fraction of sp³-hybridized carbons (Fsp3) is 0. The molecule has 6 heteroatoms. The van der Waals surface area contributed by atoms with Gasteiger partial charge in [0.2, 0.25) is 0 Å². The predicted octanol–water partition coefficient (Wildman–Crippen LogP) is 1.90. The Morgan fingerprint density at radius 2 is 1.26 bits per heavy atom. The SMILES string of the molecule is O=S(=O)([O-])ON=C1c2ccccc2-c2ccccc21. The molecule has 0 unspecified atom stereocenters. The summed E-state index contributed by atoms with van der Waals surface area (Å²) in [7, 11) is -4.85. The zero-order valence-corrected chi connectivity index (χ0v) is 10.4. The molecule has 2 aromatic rings. The van der Waals surface area contributed by atoms with Crippen molar-refractivity contribution in [2.45, 2.75) is 0 Å². The maximum absolute atomic E-state index is 10.5. The third kappa shape index (κ3) is 2.11. The van der Waals surface area contributed by atoms with Crippen molar-refractivity contribution in [1.29, 1.82) is 0 Å². The van der Waals surface area contributed by atoms with E-state index in [9.17, 15) is 13.0 Å². The molecule has 0 bridgehead atoms. The van der Waals surface area contributed by atoms with Crippen LogP contribution < -0.4 is 0 Å². The topological polar surface area (TPSA) is 78.8 Å². The number of oxime groups is 1. The first-order valence-corrected chi connectivity index (χ1v) is 6.81. The van der Waals surface area contributed by atoms with Crippen LogP contribution in [-0.2, 0) is 14.7 Å². The Labute approximate surface area is 110 Å². The van der Waals surface area contributed by atoms with Crippen LogP contribution in [-0.4, -0.2) is 18.7 Å². The quantitative estimate of drug-likeness (QED) is 0.406. The van der Waals surface area contributed by atoms with E-state index in [1.54, 1.807) is 12.1 Å². The maximum atomic E-state index is 10.5. The summed E-state index contributed by atoms with van der Waals surface area (Å²) in [4.78, 5) is 0. The largest absolute Gasteiger partial charge is 0.714 e. The van der Waals surface area contributed by atoms with E-state index in [0.717, 1.165) is 22.3 Å². The molecule has 0 fully saturated rings. The highest BCUT2D eigenvalue weighted by Crippen LogP contribution is 2.36. The van der Waals surface area contributed by atoms with Gasteiger partial charge in [-0.15, -0.1) is 0 Å². The van der Waals surface area contributed by atoms with Gasteiger partial charge in [-0.05, 0) is 11.1 Å². The molecule has 96 valence electrons. The second kappa shape index (κ2) is 4.18. The minimum Gasteiger partial charge on any atom is -0.714 e. The number of benzene rings is 2. The summed E-state index contributed by atoms with van der Waals surface area (Å²) >= 11 is 0. The van der Waals surface area contributed by atoms with Crippen LogP contribution in [0.25, 0.3) is 11.1 Å². The predicted molar refractivity (Wildman–Crippen MR) is 68.3 cm³/mol. The molecule has 2 aromatic carbocycles. The highest BCUT2D eigenvalue weighted by atomic mass is 32.3. The maximum Gasteiger partial charge on any atom is 0.284 e. The molecule has 0 saturated heterocycles. The van der Waals surface area contributed by atoms with Crippen LogP contribution in [0.15, 0.2) is 53.7 Å². The number of hydrogen-bond donors (Lipinski definition) is 0. The summed E-state index contributed by atoms with van der Waals surface area (Å²) < 4.78 is 35.6. The zero-order valence-electron chi connectivity index (χ0n) is 9.61. The molecule has 19 heavy (non-hydrogen) atoms. The van der Waals surface area contributed by atoms with Gasteiger partial charge in [-0.1, -0.05) is 53.7 Å². The first kappa shape index (κ1) is 11.9. The molecule has 3 rings (SSSR count). The Bertz CT molecular complexity index is 733. The fourth-order valence-corrected chi connectivity index (χ4v) is 2.34. The van der Waals surface area contributed by atoms with Crippen LogP contribution in [0.4, 0.5) is 0 Å². The van der Waals surface area contributed by atoms with Gasteiger partial charge in [0.1, 0.15) is 5.71 Å². The highest BCUT2D eigenvalue weighted by Gasteiger charge is 2.24. The van der Waals surface area contributed by atoms with Gasteiger partial charge in [-0.25, -0.2) is 0 Å². The Morgan fingerprint density at radius 3 is 1.68 bits per heavy atom. The summed E-state index contributed by atoms with van der Waals surface area (Å²) in [6, 6.07) is 14.8. The number of nitrogens with zero attached hydrogens (tertiary/aromatic N) is 1. The van der Waals surface area contributed by atoms with Crippen LogP contribution in [0, 0.1) is 0 Å². The van der Waals surface area contributed by atoms with E-state index in [0.29, 0.717) is 5.71 Å². The molecule has 0 heterocycles. The van der Waals surface area contributed by atoms with Gasteiger partial charge in [-0.3, -0.25) is 4.28 Å². The van der Waals surface area contributed by atoms with E-state index in [1.807, 2.05) is 36.4 Å². The molecule has 0 N–H and O–H groups in total. The summed E-state index contributed by atoms with van der Waals surface area (Å²) in [5.74, 6) is 0. The van der Waals surface area contributed by atoms with Gasteiger partial charge >= 0.3 is 0 Å². The lowest BCUT2D eigenvalue weighted by molar-refractivity contribution is 0.275. The molecule has 0 radical (unpaired) electrons. The van der Waals surface area contributed by atoms with Gasteiger partial charge in [0.05, 0.1) is 0 Å². The average Bonchev–Trinajstić information content (AvgIpc) is 2.70. The van der Waals surface area contributed by atoms with E-state index in [4.69, 9.17) is 0 Å². The molecule has 0 atom stereocenters. The molecular weight excluding hydrogens is 266 g/mol. The summed E-state index contributed by atoms with van der Waals surface area (Å²) in [6.07, 6.45) is 0. The van der Waals surface area contributed by atoms with Crippen LogP contribution >= 0.6 is 0 Å². The molecule has 0 aromatic heterocycles. The molecule has 5 nitrogen and oxygen atoms in total. The second-order valence-corrected chi connectivity index (χ2v) is 4.98. The Balaban J connectivity index is 2.20. The summed E-state index contributed by atoms with van der Waals surface area (Å²) in [5, 5.41) is 3.49. The van der Waals surface area contributed by atoms with Crippen molar-refractivity contribution in [2.24, 2.45) is 5.16 Å².